The van der Waals surface area contributed by atoms with Crippen molar-refractivity contribution in [2.45, 2.75) is 44.8 Å². The number of nitrogens with zero attached hydrogens (tertiary/aromatic N) is 3. The highest BCUT2D eigenvalue weighted by Gasteiger charge is 2.36. The van der Waals surface area contributed by atoms with E-state index in [1.807, 2.05) is 6.92 Å². The molecule has 0 amide bonds. The summed E-state index contributed by atoms with van der Waals surface area (Å²) in [7, 11) is 0. The van der Waals surface area contributed by atoms with Crippen LogP contribution in [0.4, 0.5) is 0 Å². The molecule has 0 saturated carbocycles. The van der Waals surface area contributed by atoms with Gasteiger partial charge in [-0.2, -0.15) is 4.98 Å². The van der Waals surface area contributed by atoms with Crippen molar-refractivity contribution in [1.82, 2.24) is 15.0 Å². The Kier molecular flexibility index (Phi) is 3.66. The zero-order valence-corrected chi connectivity index (χ0v) is 11.3. The second-order valence-electron chi connectivity index (χ2n) is 5.69. The van der Waals surface area contributed by atoms with Crippen LogP contribution in [0.1, 0.15) is 43.4 Å². The molecule has 1 unspecified atom stereocenters. The van der Waals surface area contributed by atoms with Gasteiger partial charge < -0.3 is 9.63 Å². The number of allylic oxidation sites excluding steroid dienone is 2. The van der Waals surface area contributed by atoms with Gasteiger partial charge in [-0.3, -0.25) is 4.90 Å². The molecule has 0 bridgehead atoms. The van der Waals surface area contributed by atoms with Crippen molar-refractivity contribution in [3.63, 3.8) is 0 Å². The lowest BCUT2D eigenvalue weighted by molar-refractivity contribution is 0.156. The van der Waals surface area contributed by atoms with Crippen LogP contribution in [-0.4, -0.2) is 39.3 Å². The van der Waals surface area contributed by atoms with E-state index in [1.165, 1.54) is 12.8 Å². The van der Waals surface area contributed by atoms with Gasteiger partial charge in [-0.25, -0.2) is 0 Å². The summed E-state index contributed by atoms with van der Waals surface area (Å²) in [5.74, 6) is 2.00. The Labute approximate surface area is 113 Å². The number of hydrogen-bond acceptors (Lipinski definition) is 5. The third-order valence-corrected chi connectivity index (χ3v) is 4.08. The largest absolute Gasteiger partial charge is 0.392 e. The van der Waals surface area contributed by atoms with Crippen molar-refractivity contribution < 1.29 is 9.63 Å². The van der Waals surface area contributed by atoms with Crippen molar-refractivity contribution in [1.29, 1.82) is 0 Å². The van der Waals surface area contributed by atoms with E-state index in [2.05, 4.69) is 27.2 Å². The third-order valence-electron chi connectivity index (χ3n) is 4.08. The minimum atomic E-state index is -0.281. The predicted octanol–water partition coefficient (Wildman–Crippen LogP) is 1.84. The Morgan fingerprint density at radius 3 is 3.05 bits per heavy atom. The standard InChI is InChI=1S/C14H21N3O2/c1-10-15-14(19-16-10)13-7-12(18)9-17(13)8-11-5-3-2-4-6-11/h2-3,11-13,18H,4-9H2,1H3/t11?,12-,13+/m0/s1. The topological polar surface area (TPSA) is 62.4 Å². The number of hydrogen-bond donors (Lipinski definition) is 1. The monoisotopic (exact) mass is 263 g/mol. The minimum absolute atomic E-state index is 0.0853. The molecule has 1 saturated heterocycles. The second kappa shape index (κ2) is 5.43. The Balaban J connectivity index is 1.69. The van der Waals surface area contributed by atoms with E-state index in [4.69, 9.17) is 4.52 Å². The van der Waals surface area contributed by atoms with Crippen LogP contribution < -0.4 is 0 Å². The molecule has 3 rings (SSSR count). The van der Waals surface area contributed by atoms with Gasteiger partial charge >= 0.3 is 0 Å². The van der Waals surface area contributed by atoms with Crippen molar-refractivity contribution in [3.8, 4) is 0 Å². The van der Waals surface area contributed by atoms with Gasteiger partial charge in [0.15, 0.2) is 5.82 Å². The summed E-state index contributed by atoms with van der Waals surface area (Å²) in [6, 6.07) is 0.0853. The normalized spacial score (nSPS) is 32.0. The Hall–Kier alpha value is -1.20. The molecule has 19 heavy (non-hydrogen) atoms. The maximum absolute atomic E-state index is 9.92. The maximum Gasteiger partial charge on any atom is 0.244 e. The highest BCUT2D eigenvalue weighted by atomic mass is 16.5. The zero-order valence-electron chi connectivity index (χ0n) is 11.3. The van der Waals surface area contributed by atoms with Crippen LogP contribution in [0.2, 0.25) is 0 Å². The first-order valence-electron chi connectivity index (χ1n) is 7.09. The van der Waals surface area contributed by atoms with Crippen LogP contribution >= 0.6 is 0 Å². The molecule has 0 radical (unpaired) electrons. The van der Waals surface area contributed by atoms with Gasteiger partial charge in [0.25, 0.3) is 0 Å². The molecule has 2 heterocycles. The third kappa shape index (κ3) is 2.87. The number of aliphatic hydroxyl groups is 1. The van der Waals surface area contributed by atoms with Gasteiger partial charge in [-0.1, -0.05) is 17.3 Å². The van der Waals surface area contributed by atoms with Crippen molar-refractivity contribution in [3.05, 3.63) is 23.9 Å². The minimum Gasteiger partial charge on any atom is -0.392 e. The molecule has 1 aromatic heterocycles. The van der Waals surface area contributed by atoms with Crippen LogP contribution in [-0.2, 0) is 0 Å². The summed E-state index contributed by atoms with van der Waals surface area (Å²) in [6.45, 7) is 3.55. The van der Waals surface area contributed by atoms with E-state index in [0.717, 1.165) is 13.0 Å². The SMILES string of the molecule is Cc1noc([C@H]2C[C@H](O)CN2CC2CC=CCC2)n1. The molecule has 0 aromatic carbocycles. The molecule has 2 aliphatic rings. The molecule has 1 N–H and O–H groups in total. The quantitative estimate of drug-likeness (QED) is 0.843. The van der Waals surface area contributed by atoms with Gasteiger partial charge in [0, 0.05) is 13.1 Å². The van der Waals surface area contributed by atoms with Gasteiger partial charge in [0.2, 0.25) is 5.89 Å². The molecular formula is C14H21N3O2. The summed E-state index contributed by atoms with van der Waals surface area (Å²) in [4.78, 5) is 6.63. The summed E-state index contributed by atoms with van der Waals surface area (Å²) >= 11 is 0. The van der Waals surface area contributed by atoms with Gasteiger partial charge in [-0.15, -0.1) is 0 Å². The summed E-state index contributed by atoms with van der Waals surface area (Å²) < 4.78 is 5.29. The van der Waals surface area contributed by atoms with Crippen LogP contribution in [0.15, 0.2) is 16.7 Å². The summed E-state index contributed by atoms with van der Waals surface area (Å²) in [5, 5.41) is 13.8. The van der Waals surface area contributed by atoms with E-state index in [9.17, 15) is 5.11 Å². The Bertz CT molecular complexity index is 457. The smallest absolute Gasteiger partial charge is 0.244 e. The van der Waals surface area contributed by atoms with Crippen LogP contribution in [0.3, 0.4) is 0 Å². The molecule has 1 aliphatic carbocycles. The molecule has 104 valence electrons. The van der Waals surface area contributed by atoms with E-state index >= 15 is 0 Å². The van der Waals surface area contributed by atoms with Crippen molar-refractivity contribution in [2.75, 3.05) is 13.1 Å². The van der Waals surface area contributed by atoms with Gasteiger partial charge in [-0.05, 0) is 38.5 Å². The predicted molar refractivity (Wildman–Crippen MR) is 70.5 cm³/mol. The summed E-state index contributed by atoms with van der Waals surface area (Å²) in [6.07, 6.45) is 8.49. The van der Waals surface area contributed by atoms with E-state index in [0.29, 0.717) is 30.6 Å². The van der Waals surface area contributed by atoms with Crippen LogP contribution in [0.5, 0.6) is 0 Å². The number of aryl methyl sites for hydroxylation is 1. The molecule has 1 aromatic rings. The van der Waals surface area contributed by atoms with E-state index < -0.39 is 0 Å². The van der Waals surface area contributed by atoms with Gasteiger partial charge in [0.05, 0.1) is 12.1 Å². The van der Waals surface area contributed by atoms with Crippen LogP contribution in [0.25, 0.3) is 0 Å². The average Bonchev–Trinajstić information content (AvgIpc) is 2.97. The van der Waals surface area contributed by atoms with E-state index in [1.54, 1.807) is 0 Å². The Morgan fingerprint density at radius 2 is 2.37 bits per heavy atom. The first-order valence-corrected chi connectivity index (χ1v) is 7.09. The summed E-state index contributed by atoms with van der Waals surface area (Å²) in [5.41, 5.74) is 0. The number of rotatable bonds is 3. The Morgan fingerprint density at radius 1 is 1.47 bits per heavy atom. The fourth-order valence-electron chi connectivity index (χ4n) is 3.14. The molecular weight excluding hydrogens is 242 g/mol. The number of aromatic nitrogens is 2. The van der Waals surface area contributed by atoms with E-state index in [-0.39, 0.29) is 12.1 Å². The van der Waals surface area contributed by atoms with Gasteiger partial charge in [0.1, 0.15) is 0 Å². The lowest BCUT2D eigenvalue weighted by Crippen LogP contribution is -2.31. The first kappa shape index (κ1) is 12.8. The maximum atomic E-state index is 9.92. The zero-order chi connectivity index (χ0) is 13.2. The highest BCUT2D eigenvalue weighted by molar-refractivity contribution is 5.00. The highest BCUT2D eigenvalue weighted by Crippen LogP contribution is 2.33. The fourth-order valence-corrected chi connectivity index (χ4v) is 3.14. The molecule has 5 nitrogen and oxygen atoms in total. The molecule has 1 aliphatic heterocycles. The average molecular weight is 263 g/mol. The lowest BCUT2D eigenvalue weighted by atomic mass is 9.94. The molecule has 3 atom stereocenters. The number of aliphatic hydroxyl groups excluding tert-OH is 1. The fraction of sp³-hybridized carbons (Fsp3) is 0.714. The molecule has 5 heteroatoms. The van der Waals surface area contributed by atoms with Crippen molar-refractivity contribution >= 4 is 0 Å². The number of likely N-dealkylation sites (tertiary alicyclic amines) is 1. The molecule has 1 fully saturated rings. The number of β-amino-alcohol motifs (C(OH)–C–C–N with tert-alkyl or cyclic N) is 1. The molecule has 0 spiro atoms. The first-order chi connectivity index (χ1) is 9.22. The van der Waals surface area contributed by atoms with Crippen molar-refractivity contribution in [2.24, 2.45) is 5.92 Å². The van der Waals surface area contributed by atoms with Crippen LogP contribution in [0, 0.1) is 12.8 Å². The second-order valence-corrected chi connectivity index (χ2v) is 5.69. The lowest BCUT2D eigenvalue weighted by Gasteiger charge is -2.27.